The van der Waals surface area contributed by atoms with Crippen molar-refractivity contribution >= 4 is 28.3 Å². The lowest BCUT2D eigenvalue weighted by atomic mass is 10.1. The molecule has 0 unspecified atom stereocenters. The molecule has 6 nitrogen and oxygen atoms in total. The molecule has 1 heterocycles. The first-order valence-electron chi connectivity index (χ1n) is 11.1. The molecule has 0 radical (unpaired) electrons. The second kappa shape index (κ2) is 10.0. The van der Waals surface area contributed by atoms with E-state index in [1.807, 2.05) is 95.6 Å². The fourth-order valence-corrected chi connectivity index (χ4v) is 4.68. The molecule has 5 aromatic rings. The fourth-order valence-electron chi connectivity index (χ4n) is 3.83. The summed E-state index contributed by atoms with van der Waals surface area (Å²) in [7, 11) is 3.27. The van der Waals surface area contributed by atoms with E-state index >= 15 is 0 Å². The SMILES string of the molecule is COc1ccc(-c2nnc(SCC(=O)c3ccc4ccccc4c3)n2-c2ccc(OC)cc2)cc1. The van der Waals surface area contributed by atoms with Crippen molar-refractivity contribution in [1.29, 1.82) is 0 Å². The Hall–Kier alpha value is -4.10. The predicted octanol–water partition coefficient (Wildman–Crippen LogP) is 6.08. The van der Waals surface area contributed by atoms with Crippen LogP contribution in [0.2, 0.25) is 0 Å². The van der Waals surface area contributed by atoms with Crippen LogP contribution in [0.15, 0.2) is 96.2 Å². The Kier molecular flexibility index (Phi) is 6.50. The van der Waals surface area contributed by atoms with Crippen LogP contribution in [0.5, 0.6) is 11.5 Å². The number of Topliss-reactive ketones (excluding diaryl/α,β-unsaturated/α-hetero) is 1. The molecular weight excluding hydrogens is 458 g/mol. The van der Waals surface area contributed by atoms with Crippen LogP contribution in [-0.4, -0.2) is 40.5 Å². The van der Waals surface area contributed by atoms with Crippen LogP contribution in [0.25, 0.3) is 27.8 Å². The van der Waals surface area contributed by atoms with Gasteiger partial charge in [-0.1, -0.05) is 48.2 Å². The highest BCUT2D eigenvalue weighted by atomic mass is 32.2. The predicted molar refractivity (Wildman–Crippen MR) is 139 cm³/mol. The molecule has 174 valence electrons. The Morgan fingerprint density at radius 3 is 2.14 bits per heavy atom. The van der Waals surface area contributed by atoms with E-state index in [0.29, 0.717) is 16.5 Å². The Labute approximate surface area is 207 Å². The first-order chi connectivity index (χ1) is 17.2. The molecule has 0 aliphatic rings. The Morgan fingerprint density at radius 2 is 1.46 bits per heavy atom. The summed E-state index contributed by atoms with van der Waals surface area (Å²) < 4.78 is 12.6. The van der Waals surface area contributed by atoms with Gasteiger partial charge in [0.2, 0.25) is 0 Å². The number of hydrogen-bond donors (Lipinski definition) is 0. The maximum absolute atomic E-state index is 13.0. The molecule has 0 amide bonds. The van der Waals surface area contributed by atoms with Gasteiger partial charge in [-0.2, -0.15) is 0 Å². The van der Waals surface area contributed by atoms with Crippen molar-refractivity contribution in [2.75, 3.05) is 20.0 Å². The van der Waals surface area contributed by atoms with Gasteiger partial charge < -0.3 is 9.47 Å². The first kappa shape index (κ1) is 22.7. The lowest BCUT2D eigenvalue weighted by Crippen LogP contribution is -2.05. The van der Waals surface area contributed by atoms with E-state index in [0.717, 1.165) is 33.5 Å². The number of rotatable bonds is 8. The summed E-state index contributed by atoms with van der Waals surface area (Å²) in [6.45, 7) is 0. The van der Waals surface area contributed by atoms with Crippen LogP contribution in [0.1, 0.15) is 10.4 Å². The molecule has 0 saturated heterocycles. The molecule has 5 rings (SSSR count). The second-order valence-electron chi connectivity index (χ2n) is 7.84. The minimum absolute atomic E-state index is 0.0380. The highest BCUT2D eigenvalue weighted by Gasteiger charge is 2.18. The second-order valence-corrected chi connectivity index (χ2v) is 8.78. The summed E-state index contributed by atoms with van der Waals surface area (Å²) >= 11 is 1.37. The van der Waals surface area contributed by atoms with Gasteiger partial charge in [0.05, 0.1) is 20.0 Å². The molecule has 0 saturated carbocycles. The largest absolute Gasteiger partial charge is 0.497 e. The van der Waals surface area contributed by atoms with E-state index in [9.17, 15) is 4.79 Å². The van der Waals surface area contributed by atoms with Crippen molar-refractivity contribution in [2.45, 2.75) is 5.16 Å². The van der Waals surface area contributed by atoms with E-state index in [2.05, 4.69) is 10.2 Å². The van der Waals surface area contributed by atoms with Crippen molar-refractivity contribution < 1.29 is 14.3 Å². The van der Waals surface area contributed by atoms with Gasteiger partial charge in [-0.25, -0.2) is 0 Å². The summed E-state index contributed by atoms with van der Waals surface area (Å²) in [5.74, 6) is 2.48. The fraction of sp³-hybridized carbons (Fsp3) is 0.107. The third-order valence-electron chi connectivity index (χ3n) is 5.72. The normalized spacial score (nSPS) is 10.9. The lowest BCUT2D eigenvalue weighted by Gasteiger charge is -2.11. The molecule has 4 aromatic carbocycles. The molecule has 0 fully saturated rings. The van der Waals surface area contributed by atoms with Gasteiger partial charge in [0, 0.05) is 16.8 Å². The van der Waals surface area contributed by atoms with Crippen molar-refractivity contribution in [3.8, 4) is 28.6 Å². The van der Waals surface area contributed by atoms with Gasteiger partial charge in [0.25, 0.3) is 0 Å². The molecule has 1 aromatic heterocycles. The van der Waals surface area contributed by atoms with Crippen LogP contribution in [0, 0.1) is 0 Å². The maximum Gasteiger partial charge on any atom is 0.196 e. The number of aromatic nitrogens is 3. The van der Waals surface area contributed by atoms with Gasteiger partial charge in [0.1, 0.15) is 11.5 Å². The van der Waals surface area contributed by atoms with Crippen molar-refractivity contribution in [2.24, 2.45) is 0 Å². The number of thioether (sulfide) groups is 1. The van der Waals surface area contributed by atoms with Crippen LogP contribution >= 0.6 is 11.8 Å². The van der Waals surface area contributed by atoms with Crippen LogP contribution in [0.3, 0.4) is 0 Å². The Balaban J connectivity index is 1.46. The van der Waals surface area contributed by atoms with Crippen LogP contribution in [-0.2, 0) is 0 Å². The van der Waals surface area contributed by atoms with Gasteiger partial charge in [-0.15, -0.1) is 10.2 Å². The van der Waals surface area contributed by atoms with Gasteiger partial charge in [0.15, 0.2) is 16.8 Å². The highest BCUT2D eigenvalue weighted by molar-refractivity contribution is 7.99. The van der Waals surface area contributed by atoms with Crippen LogP contribution in [0.4, 0.5) is 0 Å². The molecule has 0 N–H and O–H groups in total. The third-order valence-corrected chi connectivity index (χ3v) is 6.64. The van der Waals surface area contributed by atoms with E-state index in [1.54, 1.807) is 14.2 Å². The van der Waals surface area contributed by atoms with Crippen molar-refractivity contribution in [1.82, 2.24) is 14.8 Å². The third kappa shape index (κ3) is 4.76. The summed E-state index contributed by atoms with van der Waals surface area (Å²) in [6.07, 6.45) is 0. The standard InChI is InChI=1S/C28H23N3O3S/c1-33-24-13-9-20(10-14-24)27-29-30-28(31(27)23-11-15-25(34-2)16-12-23)35-18-26(32)22-8-7-19-5-3-4-6-21(19)17-22/h3-17H,18H2,1-2H3. The zero-order chi connectivity index (χ0) is 24.2. The average molecular weight is 482 g/mol. The monoisotopic (exact) mass is 481 g/mol. The van der Waals surface area contributed by atoms with E-state index in [-0.39, 0.29) is 11.5 Å². The van der Waals surface area contributed by atoms with Crippen LogP contribution < -0.4 is 9.47 Å². The smallest absolute Gasteiger partial charge is 0.196 e. The summed E-state index contributed by atoms with van der Waals surface area (Å²) in [4.78, 5) is 13.0. The number of fused-ring (bicyclic) bond motifs is 1. The molecular formula is C28H23N3O3S. The zero-order valence-electron chi connectivity index (χ0n) is 19.3. The minimum atomic E-state index is 0.0380. The average Bonchev–Trinajstić information content (AvgIpc) is 3.35. The Morgan fingerprint density at radius 1 is 0.800 bits per heavy atom. The number of benzene rings is 4. The molecule has 0 bridgehead atoms. The number of nitrogens with zero attached hydrogens (tertiary/aromatic N) is 3. The maximum atomic E-state index is 13.0. The summed E-state index contributed by atoms with van der Waals surface area (Å²) in [6, 6.07) is 29.2. The number of carbonyl (C=O) groups excluding carboxylic acids is 1. The number of ketones is 1. The summed E-state index contributed by atoms with van der Waals surface area (Å²) in [5, 5.41) is 11.7. The van der Waals surface area contributed by atoms with E-state index in [1.165, 1.54) is 11.8 Å². The topological polar surface area (TPSA) is 66.2 Å². The van der Waals surface area contributed by atoms with Gasteiger partial charge >= 0.3 is 0 Å². The molecule has 0 atom stereocenters. The molecule has 0 aliphatic carbocycles. The summed E-state index contributed by atoms with van der Waals surface area (Å²) in [5.41, 5.74) is 2.45. The molecule has 7 heteroatoms. The Bertz CT molecular complexity index is 1480. The highest BCUT2D eigenvalue weighted by Crippen LogP contribution is 2.30. The number of methoxy groups -OCH3 is 2. The zero-order valence-corrected chi connectivity index (χ0v) is 20.2. The van der Waals surface area contributed by atoms with E-state index in [4.69, 9.17) is 9.47 Å². The minimum Gasteiger partial charge on any atom is -0.497 e. The van der Waals surface area contributed by atoms with Crippen molar-refractivity contribution in [3.63, 3.8) is 0 Å². The molecule has 0 aliphatic heterocycles. The first-order valence-corrected chi connectivity index (χ1v) is 12.0. The quantitative estimate of drug-likeness (QED) is 0.198. The molecule has 0 spiro atoms. The van der Waals surface area contributed by atoms with Gasteiger partial charge in [-0.3, -0.25) is 9.36 Å². The number of ether oxygens (including phenoxy) is 2. The number of carbonyl (C=O) groups is 1. The van der Waals surface area contributed by atoms with E-state index < -0.39 is 0 Å². The molecule has 35 heavy (non-hydrogen) atoms. The van der Waals surface area contributed by atoms with Crippen molar-refractivity contribution in [3.05, 3.63) is 96.6 Å². The van der Waals surface area contributed by atoms with Gasteiger partial charge in [-0.05, 0) is 65.4 Å². The lowest BCUT2D eigenvalue weighted by molar-refractivity contribution is 0.102. The number of hydrogen-bond acceptors (Lipinski definition) is 6.